The number of carboxylic acids is 1. The molecule has 0 saturated heterocycles. The maximum Gasteiger partial charge on any atom is 0.303 e. The van der Waals surface area contributed by atoms with Crippen molar-refractivity contribution in [3.05, 3.63) is 28.8 Å². The number of hydrogen-bond acceptors (Lipinski definition) is 3. The molecule has 0 aliphatic rings. The number of benzene rings is 1. The van der Waals surface area contributed by atoms with E-state index in [2.05, 4.69) is 0 Å². The van der Waals surface area contributed by atoms with Gasteiger partial charge in [-0.2, -0.15) is 0 Å². The second kappa shape index (κ2) is 5.61. The molecular formula is C15H23NO3. The molecule has 0 aliphatic carbocycles. The van der Waals surface area contributed by atoms with E-state index in [0.717, 1.165) is 16.7 Å². The van der Waals surface area contributed by atoms with Crippen LogP contribution in [-0.2, 0) is 10.2 Å². The Balaban J connectivity index is 3.05. The Morgan fingerprint density at radius 3 is 2.42 bits per heavy atom. The normalized spacial score (nSPS) is 13.3. The zero-order valence-electron chi connectivity index (χ0n) is 12.0. The molecule has 4 heteroatoms. The monoisotopic (exact) mass is 265 g/mol. The topological polar surface area (TPSA) is 83.5 Å². The molecule has 4 N–H and O–H groups in total. The number of rotatable bonds is 4. The maximum absolute atomic E-state index is 10.6. The highest BCUT2D eigenvalue weighted by Gasteiger charge is 2.21. The van der Waals surface area contributed by atoms with Gasteiger partial charge in [0.1, 0.15) is 5.75 Å². The summed E-state index contributed by atoms with van der Waals surface area (Å²) < 4.78 is 0. The molecule has 1 unspecified atom stereocenters. The number of carboxylic acid groups (broad SMARTS) is 1. The third kappa shape index (κ3) is 3.96. The number of phenolic OH excluding ortho intramolecular Hbond substituents is 1. The van der Waals surface area contributed by atoms with Gasteiger partial charge in [-0.15, -0.1) is 0 Å². The highest BCUT2D eigenvalue weighted by atomic mass is 16.4. The molecule has 0 spiro atoms. The van der Waals surface area contributed by atoms with Crippen molar-refractivity contribution in [2.45, 2.75) is 52.0 Å². The van der Waals surface area contributed by atoms with E-state index in [0.29, 0.717) is 6.42 Å². The summed E-state index contributed by atoms with van der Waals surface area (Å²) in [7, 11) is 0. The molecule has 0 radical (unpaired) electrons. The maximum atomic E-state index is 10.6. The van der Waals surface area contributed by atoms with E-state index in [4.69, 9.17) is 10.8 Å². The number of aryl methyl sites for hydroxylation is 1. The van der Waals surface area contributed by atoms with Gasteiger partial charge in [0, 0.05) is 12.5 Å². The smallest absolute Gasteiger partial charge is 0.303 e. The first-order valence-corrected chi connectivity index (χ1v) is 6.44. The summed E-state index contributed by atoms with van der Waals surface area (Å²) in [6.45, 7) is 8.03. The van der Waals surface area contributed by atoms with Gasteiger partial charge in [0.05, 0.1) is 0 Å². The molecule has 1 aromatic rings. The number of nitrogens with two attached hydrogens (primary N) is 1. The Labute approximate surface area is 114 Å². The number of aliphatic carboxylic acids is 1. The quantitative estimate of drug-likeness (QED) is 0.781. The number of hydrogen-bond donors (Lipinski definition) is 3. The van der Waals surface area contributed by atoms with Crippen molar-refractivity contribution in [1.82, 2.24) is 0 Å². The Morgan fingerprint density at radius 2 is 1.95 bits per heavy atom. The molecule has 0 aliphatic heterocycles. The molecule has 1 aromatic carbocycles. The predicted octanol–water partition coefficient (Wildman–Crippen LogP) is 2.86. The zero-order valence-corrected chi connectivity index (χ0v) is 12.0. The number of carbonyl (C=O) groups is 1. The number of phenols is 1. The Bertz CT molecular complexity index is 475. The van der Waals surface area contributed by atoms with Gasteiger partial charge in [0.15, 0.2) is 0 Å². The first-order chi connectivity index (χ1) is 8.62. The van der Waals surface area contributed by atoms with Crippen LogP contribution in [0.5, 0.6) is 5.75 Å². The minimum Gasteiger partial charge on any atom is -0.508 e. The summed E-state index contributed by atoms with van der Waals surface area (Å²) >= 11 is 0. The molecule has 4 nitrogen and oxygen atoms in total. The van der Waals surface area contributed by atoms with Crippen molar-refractivity contribution in [3.8, 4) is 5.75 Å². The first-order valence-electron chi connectivity index (χ1n) is 6.44. The SMILES string of the molecule is Cc1cc(C(C)(C)C)c(O)cc1C(N)CCC(=O)O. The van der Waals surface area contributed by atoms with Crippen molar-refractivity contribution >= 4 is 5.97 Å². The summed E-state index contributed by atoms with van der Waals surface area (Å²) in [5.41, 5.74) is 8.53. The van der Waals surface area contributed by atoms with Gasteiger partial charge in [-0.25, -0.2) is 0 Å². The van der Waals surface area contributed by atoms with Crippen LogP contribution in [0.25, 0.3) is 0 Å². The van der Waals surface area contributed by atoms with Crippen LogP contribution in [0.3, 0.4) is 0 Å². The minimum absolute atomic E-state index is 0.0301. The van der Waals surface area contributed by atoms with Crippen molar-refractivity contribution < 1.29 is 15.0 Å². The fourth-order valence-corrected chi connectivity index (χ4v) is 2.15. The van der Waals surface area contributed by atoms with E-state index in [9.17, 15) is 9.90 Å². The number of aromatic hydroxyl groups is 1. The van der Waals surface area contributed by atoms with Crippen LogP contribution in [0.2, 0.25) is 0 Å². The van der Waals surface area contributed by atoms with Crippen LogP contribution >= 0.6 is 0 Å². The average Bonchev–Trinajstić information content (AvgIpc) is 2.27. The van der Waals surface area contributed by atoms with Gasteiger partial charge in [-0.1, -0.05) is 26.8 Å². The van der Waals surface area contributed by atoms with Crippen LogP contribution in [0.4, 0.5) is 0 Å². The molecule has 0 saturated carbocycles. The highest BCUT2D eigenvalue weighted by molar-refractivity contribution is 5.66. The van der Waals surface area contributed by atoms with Crippen LogP contribution < -0.4 is 5.73 Å². The minimum atomic E-state index is -0.858. The summed E-state index contributed by atoms with van der Waals surface area (Å²) in [4.78, 5) is 10.6. The zero-order chi connectivity index (χ0) is 14.8. The summed E-state index contributed by atoms with van der Waals surface area (Å²) in [5, 5.41) is 18.8. The van der Waals surface area contributed by atoms with Gasteiger partial charge < -0.3 is 15.9 Å². The summed E-state index contributed by atoms with van der Waals surface area (Å²) in [6.07, 6.45) is 0.396. The van der Waals surface area contributed by atoms with E-state index in [1.54, 1.807) is 6.07 Å². The van der Waals surface area contributed by atoms with Crippen molar-refractivity contribution in [1.29, 1.82) is 0 Å². The lowest BCUT2D eigenvalue weighted by atomic mass is 9.83. The van der Waals surface area contributed by atoms with Crippen molar-refractivity contribution in [2.75, 3.05) is 0 Å². The van der Waals surface area contributed by atoms with E-state index >= 15 is 0 Å². The summed E-state index contributed by atoms with van der Waals surface area (Å²) in [5.74, 6) is -0.637. The molecule has 1 atom stereocenters. The third-order valence-electron chi connectivity index (χ3n) is 3.26. The Kier molecular flexibility index (Phi) is 4.58. The van der Waals surface area contributed by atoms with Crippen LogP contribution in [0.1, 0.15) is 56.3 Å². The van der Waals surface area contributed by atoms with E-state index in [1.807, 2.05) is 33.8 Å². The van der Waals surface area contributed by atoms with Gasteiger partial charge in [-0.05, 0) is 41.5 Å². The molecule has 0 aromatic heterocycles. The van der Waals surface area contributed by atoms with Gasteiger partial charge >= 0.3 is 5.97 Å². The third-order valence-corrected chi connectivity index (χ3v) is 3.26. The lowest BCUT2D eigenvalue weighted by Gasteiger charge is -2.23. The molecular weight excluding hydrogens is 242 g/mol. The fraction of sp³-hybridized carbons (Fsp3) is 0.533. The van der Waals surface area contributed by atoms with Gasteiger partial charge in [0.25, 0.3) is 0 Å². The molecule has 106 valence electrons. The molecule has 19 heavy (non-hydrogen) atoms. The predicted molar refractivity (Wildman–Crippen MR) is 75.3 cm³/mol. The molecule has 1 rings (SSSR count). The van der Waals surface area contributed by atoms with Crippen molar-refractivity contribution in [2.24, 2.45) is 5.73 Å². The van der Waals surface area contributed by atoms with Crippen LogP contribution in [-0.4, -0.2) is 16.2 Å². The summed E-state index contributed by atoms with van der Waals surface area (Å²) in [6, 6.07) is 3.24. The second-order valence-electron chi connectivity index (χ2n) is 6.01. The molecule has 0 heterocycles. The molecule has 0 amide bonds. The second-order valence-corrected chi connectivity index (χ2v) is 6.01. The van der Waals surface area contributed by atoms with E-state index < -0.39 is 5.97 Å². The lowest BCUT2D eigenvalue weighted by Crippen LogP contribution is -2.16. The van der Waals surface area contributed by atoms with Crippen molar-refractivity contribution in [3.63, 3.8) is 0 Å². The van der Waals surface area contributed by atoms with Crippen LogP contribution in [0.15, 0.2) is 12.1 Å². The highest BCUT2D eigenvalue weighted by Crippen LogP contribution is 2.34. The molecule has 0 fully saturated rings. The first kappa shape index (κ1) is 15.5. The molecule has 0 bridgehead atoms. The van der Waals surface area contributed by atoms with E-state index in [-0.39, 0.29) is 23.6 Å². The fourth-order valence-electron chi connectivity index (χ4n) is 2.15. The van der Waals surface area contributed by atoms with Gasteiger partial charge in [-0.3, -0.25) is 4.79 Å². The van der Waals surface area contributed by atoms with E-state index in [1.165, 1.54) is 0 Å². The Morgan fingerprint density at radius 1 is 1.37 bits per heavy atom. The van der Waals surface area contributed by atoms with Gasteiger partial charge in [0.2, 0.25) is 0 Å². The van der Waals surface area contributed by atoms with Crippen LogP contribution in [0, 0.1) is 6.92 Å². The lowest BCUT2D eigenvalue weighted by molar-refractivity contribution is -0.137. The standard InChI is InChI=1S/C15H23NO3/c1-9-7-11(15(2,3)4)13(17)8-10(9)12(16)5-6-14(18)19/h7-8,12,17H,5-6,16H2,1-4H3,(H,18,19). The Hall–Kier alpha value is -1.55. The largest absolute Gasteiger partial charge is 0.508 e. The average molecular weight is 265 g/mol.